The number of amides is 1. The summed E-state index contributed by atoms with van der Waals surface area (Å²) in [6.45, 7) is 6.20. The molecule has 0 saturated carbocycles. The summed E-state index contributed by atoms with van der Waals surface area (Å²) in [5.41, 5.74) is 7.53. The SMILES string of the molecule is Cc1ccc(N=C2NC(=O)C(=Cc3cc(C)n(-c4ccc(N(C)C)cc4)c3C)S2)cc1. The van der Waals surface area contributed by atoms with Gasteiger partial charge in [0.2, 0.25) is 0 Å². The molecule has 0 atom stereocenters. The van der Waals surface area contributed by atoms with Crippen LogP contribution in [0.4, 0.5) is 11.4 Å². The number of hydrogen-bond donors (Lipinski definition) is 1. The molecular weight excluding hydrogens is 404 g/mol. The summed E-state index contributed by atoms with van der Waals surface area (Å²) < 4.78 is 2.21. The van der Waals surface area contributed by atoms with Crippen molar-refractivity contribution in [3.8, 4) is 5.69 Å². The van der Waals surface area contributed by atoms with Crippen molar-refractivity contribution in [3.63, 3.8) is 0 Å². The number of amidine groups is 1. The molecule has 158 valence electrons. The highest BCUT2D eigenvalue weighted by Gasteiger charge is 2.24. The number of nitrogens with zero attached hydrogens (tertiary/aromatic N) is 3. The van der Waals surface area contributed by atoms with E-state index in [1.165, 1.54) is 17.3 Å². The third-order valence-electron chi connectivity index (χ3n) is 5.30. The number of thioether (sulfide) groups is 1. The van der Waals surface area contributed by atoms with Gasteiger partial charge in [0.05, 0.1) is 10.6 Å². The summed E-state index contributed by atoms with van der Waals surface area (Å²) in [6.07, 6.45) is 1.95. The number of aryl methyl sites for hydroxylation is 2. The number of carbonyl (C=O) groups excluding carboxylic acids is 1. The first-order valence-corrected chi connectivity index (χ1v) is 11.0. The summed E-state index contributed by atoms with van der Waals surface area (Å²) in [7, 11) is 4.07. The molecule has 2 heterocycles. The molecule has 31 heavy (non-hydrogen) atoms. The molecule has 5 nitrogen and oxygen atoms in total. The molecule has 1 fully saturated rings. The molecule has 0 aliphatic carbocycles. The summed E-state index contributed by atoms with van der Waals surface area (Å²) in [6, 6.07) is 18.5. The maximum atomic E-state index is 12.5. The highest BCUT2D eigenvalue weighted by Crippen LogP contribution is 2.31. The lowest BCUT2D eigenvalue weighted by atomic mass is 10.2. The molecule has 0 unspecified atom stereocenters. The monoisotopic (exact) mass is 430 g/mol. The van der Waals surface area contributed by atoms with Crippen LogP contribution in [-0.4, -0.2) is 29.7 Å². The Labute approximate surface area is 187 Å². The number of rotatable bonds is 4. The fraction of sp³-hybridized carbons (Fsp3) is 0.200. The molecule has 1 amide bonds. The summed E-state index contributed by atoms with van der Waals surface area (Å²) in [5, 5.41) is 3.48. The van der Waals surface area contributed by atoms with Crippen LogP contribution in [0.1, 0.15) is 22.5 Å². The van der Waals surface area contributed by atoms with Crippen LogP contribution in [0.5, 0.6) is 0 Å². The standard InChI is InChI=1S/C25H26N4OS/c1-16-6-8-20(9-7-16)26-25-27-24(30)23(31-25)15-19-14-17(2)29(18(19)3)22-12-10-21(11-13-22)28(4)5/h6-15H,1-5H3,(H,26,27,30). The number of benzene rings is 2. The lowest BCUT2D eigenvalue weighted by molar-refractivity contribution is -0.115. The van der Waals surface area contributed by atoms with Crippen LogP contribution in [0, 0.1) is 20.8 Å². The fourth-order valence-electron chi connectivity index (χ4n) is 3.59. The van der Waals surface area contributed by atoms with Crippen molar-refractivity contribution >= 4 is 40.3 Å². The second-order valence-corrected chi connectivity index (χ2v) is 8.92. The lowest BCUT2D eigenvalue weighted by Crippen LogP contribution is -2.19. The molecule has 1 aliphatic heterocycles. The van der Waals surface area contributed by atoms with E-state index in [0.717, 1.165) is 34.0 Å². The Bertz CT molecular complexity index is 1190. The summed E-state index contributed by atoms with van der Waals surface area (Å²) in [5.74, 6) is -0.115. The Hall–Kier alpha value is -3.25. The van der Waals surface area contributed by atoms with Gasteiger partial charge in [-0.05, 0) is 86.6 Å². The molecule has 4 rings (SSSR count). The lowest BCUT2D eigenvalue weighted by Gasteiger charge is -2.14. The van der Waals surface area contributed by atoms with Crippen LogP contribution in [0.15, 0.2) is 64.5 Å². The molecule has 0 radical (unpaired) electrons. The highest BCUT2D eigenvalue weighted by molar-refractivity contribution is 8.18. The van der Waals surface area contributed by atoms with E-state index in [-0.39, 0.29) is 5.91 Å². The topological polar surface area (TPSA) is 49.6 Å². The van der Waals surface area contributed by atoms with E-state index < -0.39 is 0 Å². The van der Waals surface area contributed by atoms with Crippen LogP contribution >= 0.6 is 11.8 Å². The largest absolute Gasteiger partial charge is 0.378 e. The zero-order chi connectivity index (χ0) is 22.1. The summed E-state index contributed by atoms with van der Waals surface area (Å²) in [4.78, 5) is 19.8. The Morgan fingerprint density at radius 2 is 1.68 bits per heavy atom. The van der Waals surface area contributed by atoms with E-state index in [1.54, 1.807) is 0 Å². The van der Waals surface area contributed by atoms with Crippen molar-refractivity contribution in [1.82, 2.24) is 9.88 Å². The first kappa shape index (κ1) is 21.0. The van der Waals surface area contributed by atoms with Crippen LogP contribution in [0.3, 0.4) is 0 Å². The molecule has 1 aliphatic rings. The number of hydrogen-bond acceptors (Lipinski definition) is 4. The van der Waals surface area contributed by atoms with Gasteiger partial charge in [-0.3, -0.25) is 4.79 Å². The first-order valence-electron chi connectivity index (χ1n) is 10.1. The molecule has 0 spiro atoms. The van der Waals surface area contributed by atoms with Gasteiger partial charge in [0, 0.05) is 36.9 Å². The van der Waals surface area contributed by atoms with Crippen molar-refractivity contribution in [1.29, 1.82) is 0 Å². The van der Waals surface area contributed by atoms with Gasteiger partial charge < -0.3 is 14.8 Å². The smallest absolute Gasteiger partial charge is 0.264 e. The Morgan fingerprint density at radius 3 is 2.32 bits per heavy atom. The maximum Gasteiger partial charge on any atom is 0.264 e. The van der Waals surface area contributed by atoms with Gasteiger partial charge in [-0.2, -0.15) is 0 Å². The highest BCUT2D eigenvalue weighted by atomic mass is 32.2. The van der Waals surface area contributed by atoms with Crippen LogP contribution < -0.4 is 10.2 Å². The van der Waals surface area contributed by atoms with E-state index in [1.807, 2.05) is 51.4 Å². The van der Waals surface area contributed by atoms with Crippen LogP contribution in [0.25, 0.3) is 11.8 Å². The van der Waals surface area contributed by atoms with Gasteiger partial charge in [0.15, 0.2) is 5.17 Å². The first-order chi connectivity index (χ1) is 14.8. The van der Waals surface area contributed by atoms with Crippen molar-refractivity contribution in [2.24, 2.45) is 4.99 Å². The average Bonchev–Trinajstić information content (AvgIpc) is 3.22. The summed E-state index contributed by atoms with van der Waals surface area (Å²) >= 11 is 1.37. The molecule has 2 aromatic carbocycles. The molecule has 1 aromatic heterocycles. The van der Waals surface area contributed by atoms with Crippen molar-refractivity contribution in [3.05, 3.63) is 82.0 Å². The molecule has 0 bridgehead atoms. The minimum atomic E-state index is -0.115. The minimum absolute atomic E-state index is 0.115. The Balaban J connectivity index is 1.61. The van der Waals surface area contributed by atoms with Gasteiger partial charge in [-0.1, -0.05) is 17.7 Å². The number of aromatic nitrogens is 1. The minimum Gasteiger partial charge on any atom is -0.378 e. The molecule has 3 aromatic rings. The third-order valence-corrected chi connectivity index (χ3v) is 6.21. The molecule has 1 saturated heterocycles. The van der Waals surface area contributed by atoms with E-state index >= 15 is 0 Å². The second-order valence-electron chi connectivity index (χ2n) is 7.89. The zero-order valence-electron chi connectivity index (χ0n) is 18.4. The van der Waals surface area contributed by atoms with E-state index in [2.05, 4.69) is 64.0 Å². The molecule has 6 heteroatoms. The maximum absolute atomic E-state index is 12.5. The quantitative estimate of drug-likeness (QED) is 0.567. The number of nitrogens with one attached hydrogen (secondary N) is 1. The van der Waals surface area contributed by atoms with E-state index in [4.69, 9.17) is 0 Å². The van der Waals surface area contributed by atoms with Crippen molar-refractivity contribution in [2.75, 3.05) is 19.0 Å². The van der Waals surface area contributed by atoms with E-state index in [9.17, 15) is 4.79 Å². The second kappa shape index (κ2) is 8.47. The van der Waals surface area contributed by atoms with Gasteiger partial charge in [-0.15, -0.1) is 0 Å². The van der Waals surface area contributed by atoms with Gasteiger partial charge in [0.1, 0.15) is 0 Å². The normalized spacial score (nSPS) is 16.2. The van der Waals surface area contributed by atoms with Crippen LogP contribution in [0.2, 0.25) is 0 Å². The fourth-order valence-corrected chi connectivity index (χ4v) is 4.42. The molecule has 1 N–H and O–H groups in total. The predicted octanol–water partition coefficient (Wildman–Crippen LogP) is 5.36. The third kappa shape index (κ3) is 4.44. The Morgan fingerprint density at radius 1 is 1.00 bits per heavy atom. The van der Waals surface area contributed by atoms with Gasteiger partial charge in [-0.25, -0.2) is 4.99 Å². The van der Waals surface area contributed by atoms with Crippen LogP contribution in [-0.2, 0) is 4.79 Å². The number of aliphatic imine (C=N–C) groups is 1. The predicted molar refractivity (Wildman–Crippen MR) is 132 cm³/mol. The van der Waals surface area contributed by atoms with Crippen molar-refractivity contribution < 1.29 is 4.79 Å². The van der Waals surface area contributed by atoms with Crippen molar-refractivity contribution in [2.45, 2.75) is 20.8 Å². The number of anilines is 1. The Kier molecular flexibility index (Phi) is 5.74. The average molecular weight is 431 g/mol. The number of carbonyl (C=O) groups is 1. The van der Waals surface area contributed by atoms with E-state index in [0.29, 0.717) is 10.1 Å². The molecular formula is C25H26N4OS. The zero-order valence-corrected chi connectivity index (χ0v) is 19.2. The van der Waals surface area contributed by atoms with Gasteiger partial charge in [0.25, 0.3) is 5.91 Å². The van der Waals surface area contributed by atoms with Gasteiger partial charge >= 0.3 is 0 Å².